The predicted octanol–water partition coefficient (Wildman–Crippen LogP) is 3.25. The largest absolute Gasteiger partial charge is 0.481 e. The minimum atomic E-state index is -1.93. The van der Waals surface area contributed by atoms with Gasteiger partial charge in [-0.1, -0.05) is 61.0 Å². The third-order valence-electron chi connectivity index (χ3n) is 18.9. The van der Waals surface area contributed by atoms with Crippen molar-refractivity contribution in [3.63, 3.8) is 0 Å². The van der Waals surface area contributed by atoms with Crippen LogP contribution in [0, 0.1) is 56.2 Å². The number of hydrogen-bond donors (Lipinski definition) is 9. The molecule has 0 aromatic carbocycles. The summed E-state index contributed by atoms with van der Waals surface area (Å²) >= 11 is 0. The molecule has 0 radical (unpaired) electrons. The van der Waals surface area contributed by atoms with Crippen LogP contribution in [0.15, 0.2) is 11.6 Å². The molecule has 5 aliphatic carbocycles. The number of carbonyl (C=O) groups excluding carboxylic acids is 1. The lowest BCUT2D eigenvalue weighted by Gasteiger charge is -2.70. The normalized spacial score (nSPS) is 48.7. The first-order valence-corrected chi connectivity index (χ1v) is 23.8. The molecule has 0 spiro atoms. The number of carbonyl (C=O) groups is 4. The number of aliphatic hydroxyl groups excluding tert-OH is 5. The minimum Gasteiger partial charge on any atom is -0.481 e. The fraction of sp³-hybridized carbons (Fsp3) is 0.875. The Balaban J connectivity index is 1.13. The van der Waals surface area contributed by atoms with Crippen LogP contribution in [0.25, 0.3) is 0 Å². The van der Waals surface area contributed by atoms with Crippen LogP contribution in [-0.2, 0) is 38.1 Å². The van der Waals surface area contributed by atoms with Gasteiger partial charge in [0, 0.05) is 24.8 Å². The van der Waals surface area contributed by atoms with Gasteiger partial charge in [0.1, 0.15) is 36.6 Å². The third-order valence-corrected chi connectivity index (χ3v) is 18.9. The van der Waals surface area contributed by atoms with Gasteiger partial charge in [-0.3, -0.25) is 14.4 Å². The Hall–Kier alpha value is -2.58. The van der Waals surface area contributed by atoms with Gasteiger partial charge in [-0.25, -0.2) is 4.79 Å². The first kappa shape index (κ1) is 50.3. The Kier molecular flexibility index (Phi) is 13.7. The van der Waals surface area contributed by atoms with Gasteiger partial charge in [0.2, 0.25) is 0 Å². The van der Waals surface area contributed by atoms with Crippen molar-refractivity contribution in [3.8, 4) is 0 Å². The van der Waals surface area contributed by atoms with E-state index >= 15 is 4.79 Å². The smallest absolute Gasteiger partial charge is 0.335 e. The number of ether oxygens (including phenoxy) is 4. The van der Waals surface area contributed by atoms with Crippen molar-refractivity contribution in [2.45, 2.75) is 193 Å². The van der Waals surface area contributed by atoms with Crippen molar-refractivity contribution in [2.75, 3.05) is 13.2 Å². The van der Waals surface area contributed by atoms with E-state index in [4.69, 9.17) is 18.9 Å². The van der Waals surface area contributed by atoms with E-state index in [0.29, 0.717) is 19.4 Å². The number of nitrogens with one attached hydrogen (secondary N) is 1. The Labute approximate surface area is 381 Å². The van der Waals surface area contributed by atoms with Gasteiger partial charge in [-0.2, -0.15) is 0 Å². The molecule has 0 unspecified atom stereocenters. The maximum atomic E-state index is 15.1. The Morgan fingerprint density at radius 2 is 1.51 bits per heavy atom. The van der Waals surface area contributed by atoms with Gasteiger partial charge in [0.15, 0.2) is 24.5 Å². The van der Waals surface area contributed by atoms with Gasteiger partial charge in [-0.05, 0) is 115 Å². The maximum Gasteiger partial charge on any atom is 0.335 e. The van der Waals surface area contributed by atoms with Crippen LogP contribution in [-0.4, -0.2) is 145 Å². The highest BCUT2D eigenvalue weighted by molar-refractivity contribution is 5.95. The standard InChI is InChI=1S/C48H75NO16/c1-23-32(54)28(21-50)62-41(33(23)55)65-37-35(57)34(56)36(40(60)61)64-42(37)63-30-12-13-46(6)29(43(30,2)3)11-14-48(8)38(46)27(51)19-24-25-20-44(4,15-16-45(25,5)17-18-47(24,48)7)22-49-26(39(58)59)9-10-31(52)53/h19,23,25-26,28-30,32-38,41-42,49-50,54-57H,9-18,20-22H2,1-8H3,(H,52,53)(H,58,59)(H,60,61)/t23-,25-,26-,28+,29-,30-,32-,33+,34-,35-,36-,37+,38+,41-,42-,44-,45+,46-,47+,48+/m0/s1. The summed E-state index contributed by atoms with van der Waals surface area (Å²) in [7, 11) is 0. The van der Waals surface area contributed by atoms with Gasteiger partial charge >= 0.3 is 17.9 Å². The number of rotatable bonds is 13. The molecule has 6 fully saturated rings. The van der Waals surface area contributed by atoms with Crippen molar-refractivity contribution in [1.29, 1.82) is 0 Å². The summed E-state index contributed by atoms with van der Waals surface area (Å²) in [6.07, 6.45) is -5.77. The molecule has 65 heavy (non-hydrogen) atoms. The number of carboxylic acids is 3. The lowest BCUT2D eigenvalue weighted by atomic mass is 9.33. The molecule has 7 aliphatic rings. The monoisotopic (exact) mass is 922 g/mol. The van der Waals surface area contributed by atoms with E-state index in [2.05, 4.69) is 53.8 Å². The SMILES string of the molecule is C[C@@H]1[C@@H](O)[C@H](O[C@H]2[C@@H](O[C@H]3CC[C@]4(C)[C@H]5C(=O)C=C6[C@@H]7C[C@@](C)(CN[C@@H](CCC(=O)O)C(=O)O)CC[C@]7(C)CC[C@@]6(C)[C@]5(C)CC[C@H]4C3(C)C)O[C@H](C(=O)O)[C@@H](O)[C@@H]2O)O[C@H](CO)[C@H]1O. The summed E-state index contributed by atoms with van der Waals surface area (Å²) in [4.78, 5) is 50.8. The number of fused-ring (bicyclic) bond motifs is 7. The van der Waals surface area contributed by atoms with E-state index in [0.717, 1.165) is 44.9 Å². The molecule has 2 heterocycles. The summed E-state index contributed by atoms with van der Waals surface area (Å²) in [5, 5.41) is 86.0. The van der Waals surface area contributed by atoms with Crippen LogP contribution >= 0.6 is 0 Å². The molecular formula is C48H75NO16. The summed E-state index contributed by atoms with van der Waals surface area (Å²) in [5.41, 5.74) is -0.883. The Morgan fingerprint density at radius 3 is 2.14 bits per heavy atom. The second-order valence-corrected chi connectivity index (χ2v) is 23.1. The summed E-state index contributed by atoms with van der Waals surface area (Å²) < 4.78 is 24.4. The van der Waals surface area contributed by atoms with Gasteiger partial charge in [0.25, 0.3) is 0 Å². The molecule has 20 atom stereocenters. The molecule has 368 valence electrons. The highest BCUT2D eigenvalue weighted by Gasteiger charge is 2.70. The minimum absolute atomic E-state index is 0.0102. The van der Waals surface area contributed by atoms with Crippen molar-refractivity contribution < 1.29 is 79.0 Å². The van der Waals surface area contributed by atoms with Crippen LogP contribution in [0.4, 0.5) is 0 Å². The summed E-state index contributed by atoms with van der Waals surface area (Å²) in [6, 6.07) is -0.972. The molecule has 4 saturated carbocycles. The molecule has 7 rings (SSSR count). The average Bonchev–Trinajstić information content (AvgIpc) is 3.22. The van der Waals surface area contributed by atoms with Crippen molar-refractivity contribution >= 4 is 23.7 Å². The number of ketones is 1. The zero-order valence-corrected chi connectivity index (χ0v) is 39.3. The molecule has 9 N–H and O–H groups in total. The zero-order valence-electron chi connectivity index (χ0n) is 39.3. The molecule has 0 amide bonds. The number of carboxylic acid groups (broad SMARTS) is 3. The predicted molar refractivity (Wildman–Crippen MR) is 231 cm³/mol. The van der Waals surface area contributed by atoms with Crippen molar-refractivity contribution in [3.05, 3.63) is 11.6 Å². The molecule has 2 saturated heterocycles. The highest BCUT2D eigenvalue weighted by atomic mass is 16.8. The Morgan fingerprint density at radius 1 is 0.831 bits per heavy atom. The maximum absolute atomic E-state index is 15.1. The van der Waals surface area contributed by atoms with Crippen LogP contribution < -0.4 is 5.32 Å². The van der Waals surface area contributed by atoms with Gasteiger partial charge in [-0.15, -0.1) is 0 Å². The fourth-order valence-corrected chi connectivity index (χ4v) is 14.6. The molecule has 17 heteroatoms. The third kappa shape index (κ3) is 8.43. The lowest BCUT2D eigenvalue weighted by Crippen LogP contribution is -2.68. The van der Waals surface area contributed by atoms with E-state index in [1.165, 1.54) is 5.57 Å². The summed E-state index contributed by atoms with van der Waals surface area (Å²) in [6.45, 7) is 17.0. The van der Waals surface area contributed by atoms with Crippen LogP contribution in [0.1, 0.15) is 126 Å². The van der Waals surface area contributed by atoms with Crippen molar-refractivity contribution in [1.82, 2.24) is 5.32 Å². The fourth-order valence-electron chi connectivity index (χ4n) is 14.6. The molecule has 0 aromatic heterocycles. The number of aliphatic hydroxyl groups is 5. The molecule has 0 bridgehead atoms. The second kappa shape index (κ2) is 17.7. The van der Waals surface area contributed by atoms with E-state index < -0.39 is 109 Å². The zero-order chi connectivity index (χ0) is 48.0. The first-order valence-electron chi connectivity index (χ1n) is 23.8. The second-order valence-electron chi connectivity index (χ2n) is 23.1. The quantitative estimate of drug-likeness (QED) is 0.120. The number of aliphatic carboxylic acids is 3. The van der Waals surface area contributed by atoms with Gasteiger partial charge in [0.05, 0.1) is 18.8 Å². The Bertz CT molecular complexity index is 1870. The van der Waals surface area contributed by atoms with Crippen LogP contribution in [0.2, 0.25) is 0 Å². The van der Waals surface area contributed by atoms with Crippen molar-refractivity contribution in [2.24, 2.45) is 56.2 Å². The topological polar surface area (TPSA) is 279 Å². The van der Waals surface area contributed by atoms with E-state index in [1.54, 1.807) is 6.92 Å². The molecular weight excluding hydrogens is 847 g/mol. The molecule has 17 nitrogen and oxygen atoms in total. The lowest BCUT2D eigenvalue weighted by molar-refractivity contribution is -0.371. The number of hydrogen-bond acceptors (Lipinski definition) is 14. The van der Waals surface area contributed by atoms with Crippen LogP contribution in [0.3, 0.4) is 0 Å². The van der Waals surface area contributed by atoms with Crippen LogP contribution in [0.5, 0.6) is 0 Å². The van der Waals surface area contributed by atoms with E-state index in [-0.39, 0.29) is 58.0 Å². The van der Waals surface area contributed by atoms with Gasteiger partial charge < -0.3 is 65.1 Å². The van der Waals surface area contributed by atoms with E-state index in [9.17, 15) is 55.2 Å². The first-order chi connectivity index (χ1) is 30.2. The summed E-state index contributed by atoms with van der Waals surface area (Å²) in [5.74, 6) is -4.58. The highest BCUT2D eigenvalue weighted by Crippen LogP contribution is 2.75. The molecule has 0 aromatic rings. The molecule has 2 aliphatic heterocycles. The number of allylic oxidation sites excluding steroid dienone is 2. The van der Waals surface area contributed by atoms with E-state index in [1.807, 2.05) is 6.08 Å². The average molecular weight is 922 g/mol.